The molecule has 2 aromatic rings. The molecule has 4 heterocycles. The molecule has 0 aromatic carbocycles. The summed E-state index contributed by atoms with van der Waals surface area (Å²) in [6.07, 6.45) is 6.58. The topological polar surface area (TPSA) is 68.3 Å². The lowest BCUT2D eigenvalue weighted by Gasteiger charge is -2.42. The highest BCUT2D eigenvalue weighted by Crippen LogP contribution is 2.28. The van der Waals surface area contributed by atoms with Gasteiger partial charge in [0.25, 0.3) is 5.91 Å². The standard InChI is InChI=1S/C17H20N2O5/c20-16-10-24-17(12-19(16)15-2-5-22-9-15)11-18(3-6-23-13-17)7-14-1-4-21-8-14/h1-2,4-5,8-9H,3,6-7,10-13H2/t17-/m0/s1. The number of hydrogen-bond acceptors (Lipinski definition) is 6. The monoisotopic (exact) mass is 332 g/mol. The Balaban J connectivity index is 1.52. The van der Waals surface area contributed by atoms with E-state index < -0.39 is 5.60 Å². The third-order valence-corrected chi connectivity index (χ3v) is 4.48. The van der Waals surface area contributed by atoms with Crippen molar-refractivity contribution in [2.75, 3.05) is 44.4 Å². The number of hydrogen-bond donors (Lipinski definition) is 0. The maximum atomic E-state index is 12.2. The molecule has 4 rings (SSSR count). The summed E-state index contributed by atoms with van der Waals surface area (Å²) >= 11 is 0. The van der Waals surface area contributed by atoms with Gasteiger partial charge in [0.2, 0.25) is 0 Å². The Morgan fingerprint density at radius 1 is 1.12 bits per heavy atom. The van der Waals surface area contributed by atoms with Crippen molar-refractivity contribution in [2.45, 2.75) is 12.1 Å². The minimum Gasteiger partial charge on any atom is -0.472 e. The molecule has 0 bridgehead atoms. The smallest absolute Gasteiger partial charge is 0.253 e. The molecule has 0 saturated carbocycles. The second kappa shape index (κ2) is 6.43. The van der Waals surface area contributed by atoms with Crippen LogP contribution in [0, 0.1) is 0 Å². The van der Waals surface area contributed by atoms with Crippen LogP contribution in [0.15, 0.2) is 46.0 Å². The van der Waals surface area contributed by atoms with Crippen molar-refractivity contribution in [1.82, 2.24) is 4.90 Å². The fourth-order valence-electron chi connectivity index (χ4n) is 3.30. The first kappa shape index (κ1) is 15.4. The van der Waals surface area contributed by atoms with Crippen LogP contribution in [0.2, 0.25) is 0 Å². The fraction of sp³-hybridized carbons (Fsp3) is 0.471. The minimum atomic E-state index is -0.536. The SMILES string of the molecule is O=C1CO[C@]2(COCCN(Cc3ccoc3)C2)CN1c1ccoc1. The van der Waals surface area contributed by atoms with Gasteiger partial charge in [0.1, 0.15) is 18.5 Å². The molecule has 1 amide bonds. The van der Waals surface area contributed by atoms with Gasteiger partial charge in [-0.15, -0.1) is 0 Å². The van der Waals surface area contributed by atoms with Gasteiger partial charge in [0.05, 0.1) is 44.2 Å². The molecule has 2 aliphatic heterocycles. The summed E-state index contributed by atoms with van der Waals surface area (Å²) in [5, 5.41) is 0. The molecule has 24 heavy (non-hydrogen) atoms. The van der Waals surface area contributed by atoms with E-state index >= 15 is 0 Å². The number of rotatable bonds is 3. The zero-order chi connectivity index (χ0) is 16.4. The molecule has 1 spiro atoms. The van der Waals surface area contributed by atoms with Gasteiger partial charge in [-0.25, -0.2) is 0 Å². The summed E-state index contributed by atoms with van der Waals surface area (Å²) in [6, 6.07) is 3.75. The van der Waals surface area contributed by atoms with E-state index in [-0.39, 0.29) is 12.5 Å². The molecule has 2 aliphatic rings. The molecule has 0 N–H and O–H groups in total. The minimum absolute atomic E-state index is 0.0497. The molecule has 128 valence electrons. The van der Waals surface area contributed by atoms with Crippen molar-refractivity contribution in [3.8, 4) is 0 Å². The van der Waals surface area contributed by atoms with Gasteiger partial charge in [-0.2, -0.15) is 0 Å². The van der Waals surface area contributed by atoms with E-state index in [9.17, 15) is 4.79 Å². The second-order valence-corrected chi connectivity index (χ2v) is 6.33. The molecule has 2 saturated heterocycles. The number of anilines is 1. The zero-order valence-corrected chi connectivity index (χ0v) is 13.3. The first-order valence-electron chi connectivity index (χ1n) is 8.02. The van der Waals surface area contributed by atoms with Crippen LogP contribution in [-0.4, -0.2) is 55.9 Å². The quantitative estimate of drug-likeness (QED) is 0.849. The molecule has 0 radical (unpaired) electrons. The van der Waals surface area contributed by atoms with Gasteiger partial charge in [-0.1, -0.05) is 0 Å². The zero-order valence-electron chi connectivity index (χ0n) is 13.3. The summed E-state index contributed by atoms with van der Waals surface area (Å²) in [4.78, 5) is 16.2. The van der Waals surface area contributed by atoms with Crippen molar-refractivity contribution in [2.24, 2.45) is 0 Å². The van der Waals surface area contributed by atoms with Gasteiger partial charge in [-0.3, -0.25) is 9.69 Å². The van der Waals surface area contributed by atoms with Crippen molar-refractivity contribution in [1.29, 1.82) is 0 Å². The van der Waals surface area contributed by atoms with Gasteiger partial charge < -0.3 is 23.2 Å². The van der Waals surface area contributed by atoms with Gasteiger partial charge >= 0.3 is 0 Å². The Hall–Kier alpha value is -2.09. The molecule has 7 heteroatoms. The predicted octanol–water partition coefficient (Wildman–Crippen LogP) is 1.51. The normalized spacial score (nSPS) is 26.0. The Labute approximate surface area is 139 Å². The van der Waals surface area contributed by atoms with Crippen LogP contribution in [0.4, 0.5) is 5.69 Å². The lowest BCUT2D eigenvalue weighted by atomic mass is 10.0. The van der Waals surface area contributed by atoms with Gasteiger partial charge in [0.15, 0.2) is 0 Å². The van der Waals surface area contributed by atoms with Crippen LogP contribution >= 0.6 is 0 Å². The third-order valence-electron chi connectivity index (χ3n) is 4.48. The molecule has 0 aliphatic carbocycles. The van der Waals surface area contributed by atoms with Crippen molar-refractivity contribution in [3.63, 3.8) is 0 Å². The molecular weight excluding hydrogens is 312 g/mol. The highest BCUT2D eigenvalue weighted by atomic mass is 16.6. The number of ether oxygens (including phenoxy) is 2. The van der Waals surface area contributed by atoms with E-state index in [1.807, 2.05) is 6.07 Å². The highest BCUT2D eigenvalue weighted by Gasteiger charge is 2.43. The van der Waals surface area contributed by atoms with Gasteiger partial charge in [-0.05, 0) is 6.07 Å². The lowest BCUT2D eigenvalue weighted by molar-refractivity contribution is -0.146. The fourth-order valence-corrected chi connectivity index (χ4v) is 3.30. The van der Waals surface area contributed by atoms with Crippen LogP contribution < -0.4 is 4.90 Å². The number of carbonyl (C=O) groups is 1. The largest absolute Gasteiger partial charge is 0.472 e. The van der Waals surface area contributed by atoms with Gasteiger partial charge in [0, 0.05) is 31.3 Å². The summed E-state index contributed by atoms with van der Waals surface area (Å²) in [7, 11) is 0. The van der Waals surface area contributed by atoms with E-state index in [0.29, 0.717) is 26.3 Å². The van der Waals surface area contributed by atoms with E-state index in [2.05, 4.69) is 4.90 Å². The Morgan fingerprint density at radius 2 is 2.00 bits per heavy atom. The Kier molecular flexibility index (Phi) is 4.13. The molecular formula is C17H20N2O5. The summed E-state index contributed by atoms with van der Waals surface area (Å²) < 4.78 is 22.0. The average Bonchev–Trinajstić information content (AvgIpc) is 3.24. The van der Waals surface area contributed by atoms with E-state index in [1.54, 1.807) is 36.0 Å². The number of amides is 1. The van der Waals surface area contributed by atoms with Crippen LogP contribution in [0.1, 0.15) is 5.56 Å². The van der Waals surface area contributed by atoms with E-state index in [1.165, 1.54) is 0 Å². The molecule has 7 nitrogen and oxygen atoms in total. The lowest BCUT2D eigenvalue weighted by Crippen LogP contribution is -2.60. The second-order valence-electron chi connectivity index (χ2n) is 6.33. The van der Waals surface area contributed by atoms with Crippen LogP contribution in [0.5, 0.6) is 0 Å². The molecule has 1 atom stereocenters. The molecule has 2 aromatic heterocycles. The van der Waals surface area contributed by atoms with Crippen molar-refractivity contribution < 1.29 is 23.1 Å². The Morgan fingerprint density at radius 3 is 2.79 bits per heavy atom. The van der Waals surface area contributed by atoms with E-state index in [0.717, 1.165) is 24.3 Å². The predicted molar refractivity (Wildman–Crippen MR) is 84.5 cm³/mol. The number of furan rings is 2. The maximum Gasteiger partial charge on any atom is 0.253 e. The van der Waals surface area contributed by atoms with Crippen molar-refractivity contribution >= 4 is 11.6 Å². The third kappa shape index (κ3) is 3.10. The number of morpholine rings is 1. The number of carbonyl (C=O) groups excluding carboxylic acids is 1. The van der Waals surface area contributed by atoms with Crippen LogP contribution in [-0.2, 0) is 20.8 Å². The van der Waals surface area contributed by atoms with E-state index in [4.69, 9.17) is 18.3 Å². The maximum absolute atomic E-state index is 12.2. The van der Waals surface area contributed by atoms with Crippen LogP contribution in [0.3, 0.4) is 0 Å². The summed E-state index contributed by atoms with van der Waals surface area (Å²) in [5.74, 6) is -0.0624. The Bertz CT molecular complexity index is 669. The van der Waals surface area contributed by atoms with Crippen LogP contribution in [0.25, 0.3) is 0 Å². The molecule has 0 unspecified atom stereocenters. The summed E-state index contributed by atoms with van der Waals surface area (Å²) in [6.45, 7) is 3.89. The molecule has 2 fully saturated rings. The first-order valence-corrected chi connectivity index (χ1v) is 8.02. The van der Waals surface area contributed by atoms with Crippen molar-refractivity contribution in [3.05, 3.63) is 42.7 Å². The first-order chi connectivity index (χ1) is 11.7. The highest BCUT2D eigenvalue weighted by molar-refractivity contribution is 5.95. The average molecular weight is 332 g/mol. The summed E-state index contributed by atoms with van der Waals surface area (Å²) in [5.41, 5.74) is 1.34. The number of nitrogens with zero attached hydrogens (tertiary/aromatic N) is 2.